The Labute approximate surface area is 58.6 Å². The molecule has 52 valence electrons. The zero-order valence-corrected chi connectivity index (χ0v) is 4.51. The largest absolute Gasteiger partial charge is 0.394 e. The van der Waals surface area contributed by atoms with E-state index in [0.29, 0.717) is 0 Å². The Morgan fingerprint density at radius 3 is 1.25 bits per heavy atom. The Hall–Kier alpha value is 0.362. The molecule has 0 saturated heterocycles. The average Bonchev–Trinajstić information content (AvgIpc) is 1.36. The summed E-state index contributed by atoms with van der Waals surface area (Å²) >= 11 is 0. The predicted octanol–water partition coefficient (Wildman–Crippen LogP) is -2.26. The lowest BCUT2D eigenvalue weighted by Gasteiger charge is -1.68. The molecule has 0 atom stereocenters. The van der Waals surface area contributed by atoms with Crippen LogP contribution in [0.4, 0.5) is 0 Å². The van der Waals surface area contributed by atoms with Crippen molar-refractivity contribution in [2.75, 3.05) is 7.05 Å². The van der Waals surface area contributed by atoms with Crippen LogP contribution in [0, 0.1) is 0 Å². The second kappa shape index (κ2) is 7.36. The molecule has 8 heavy (non-hydrogen) atoms. The third kappa shape index (κ3) is 1390. The Bertz CT molecular complexity index is 99.2. The van der Waals surface area contributed by atoms with Gasteiger partial charge in [0, 0.05) is 0 Å². The molecular formula is CH10AlNO4S. The molecule has 0 saturated carbocycles. The van der Waals surface area contributed by atoms with Crippen molar-refractivity contribution in [3.8, 4) is 0 Å². The lowest BCUT2D eigenvalue weighted by Crippen LogP contribution is -1.89. The molecule has 0 heterocycles. The average molecular weight is 159 g/mol. The standard InChI is InChI=1S/CH5N.Al.H2O4S.3H/c1-2;;1-5(2,3)4;;;/h2H2,1H3;;(H2,1,2,3,4);;;. The molecule has 0 aromatic rings. The fraction of sp³-hybridized carbons (Fsp3) is 1.00. The molecule has 0 bridgehead atoms. The summed E-state index contributed by atoms with van der Waals surface area (Å²) < 4.78 is 31.6. The molecule has 0 amide bonds. The van der Waals surface area contributed by atoms with Gasteiger partial charge in [0.2, 0.25) is 0 Å². The lowest BCUT2D eigenvalue weighted by atomic mass is 11.6. The van der Waals surface area contributed by atoms with Crippen LogP contribution in [0.1, 0.15) is 0 Å². The van der Waals surface area contributed by atoms with Crippen LogP contribution in [0.5, 0.6) is 0 Å². The molecule has 0 rings (SSSR count). The van der Waals surface area contributed by atoms with Gasteiger partial charge in [0.05, 0.1) is 0 Å². The van der Waals surface area contributed by atoms with Crippen LogP contribution in [0.15, 0.2) is 0 Å². The maximum atomic E-state index is 8.74. The summed E-state index contributed by atoms with van der Waals surface area (Å²) in [7, 11) is -3.17. The highest BCUT2D eigenvalue weighted by atomic mass is 32.3. The van der Waals surface area contributed by atoms with Gasteiger partial charge in [0.1, 0.15) is 0 Å². The molecule has 0 aromatic carbocycles. The fourth-order valence-electron chi connectivity index (χ4n) is 0. The fourth-order valence-corrected chi connectivity index (χ4v) is 0. The summed E-state index contributed by atoms with van der Waals surface area (Å²) in [5, 5.41) is 0. The lowest BCUT2D eigenvalue weighted by molar-refractivity contribution is 0.381. The molecule has 0 aromatic heterocycles. The quantitative estimate of drug-likeness (QED) is 0.273. The first-order valence-corrected chi connectivity index (χ1v) is 2.67. The molecule has 5 nitrogen and oxygen atoms in total. The van der Waals surface area contributed by atoms with Gasteiger partial charge in [0.15, 0.2) is 17.4 Å². The first-order chi connectivity index (χ1) is 3.00. The van der Waals surface area contributed by atoms with Crippen LogP contribution in [0.2, 0.25) is 0 Å². The van der Waals surface area contributed by atoms with Crippen LogP contribution in [-0.4, -0.2) is 41.9 Å². The third-order valence-electron chi connectivity index (χ3n) is 0. The summed E-state index contributed by atoms with van der Waals surface area (Å²) in [5.74, 6) is 0. The number of hydrogen-bond acceptors (Lipinski definition) is 3. The van der Waals surface area contributed by atoms with Crippen LogP contribution in [0.25, 0.3) is 0 Å². The summed E-state index contributed by atoms with van der Waals surface area (Å²) in [4.78, 5) is 0. The van der Waals surface area contributed by atoms with Gasteiger partial charge in [-0.05, 0) is 7.05 Å². The van der Waals surface area contributed by atoms with E-state index in [1.165, 1.54) is 7.05 Å². The number of nitrogens with two attached hydrogens (primary N) is 1. The zero-order valence-electron chi connectivity index (χ0n) is 3.70. The highest BCUT2D eigenvalue weighted by Crippen LogP contribution is 1.59. The van der Waals surface area contributed by atoms with E-state index in [2.05, 4.69) is 5.73 Å². The minimum atomic E-state index is -4.67. The van der Waals surface area contributed by atoms with E-state index in [-0.39, 0.29) is 17.4 Å². The highest BCUT2D eigenvalue weighted by molar-refractivity contribution is 7.79. The summed E-state index contributed by atoms with van der Waals surface area (Å²) in [6.07, 6.45) is 0. The van der Waals surface area contributed by atoms with Gasteiger partial charge < -0.3 is 5.73 Å². The minimum Gasteiger partial charge on any atom is -0.333 e. The van der Waals surface area contributed by atoms with Crippen LogP contribution < -0.4 is 5.73 Å². The molecule has 0 aliphatic heterocycles. The molecule has 0 unspecified atom stereocenters. The highest BCUT2D eigenvalue weighted by Gasteiger charge is 1.84. The topological polar surface area (TPSA) is 101 Å². The third-order valence-corrected chi connectivity index (χ3v) is 0. The van der Waals surface area contributed by atoms with Crippen molar-refractivity contribution in [1.82, 2.24) is 0 Å². The van der Waals surface area contributed by atoms with Crippen LogP contribution in [0.3, 0.4) is 0 Å². The second-order valence-electron chi connectivity index (χ2n) is 0.448. The van der Waals surface area contributed by atoms with E-state index in [1.807, 2.05) is 0 Å². The molecule has 4 N–H and O–H groups in total. The van der Waals surface area contributed by atoms with E-state index < -0.39 is 10.4 Å². The summed E-state index contributed by atoms with van der Waals surface area (Å²) in [5.41, 5.74) is 4.50. The Balaban J connectivity index is -0.0000000750. The van der Waals surface area contributed by atoms with Crippen LogP contribution in [-0.2, 0) is 10.4 Å². The number of rotatable bonds is 0. The molecule has 0 aliphatic rings. The van der Waals surface area contributed by atoms with E-state index >= 15 is 0 Å². The van der Waals surface area contributed by atoms with Gasteiger partial charge in [-0.1, -0.05) is 0 Å². The van der Waals surface area contributed by atoms with Crippen molar-refractivity contribution in [2.24, 2.45) is 5.73 Å². The maximum Gasteiger partial charge on any atom is 0.394 e. The van der Waals surface area contributed by atoms with Crippen molar-refractivity contribution < 1.29 is 17.5 Å². The number of hydrogen-bond donors (Lipinski definition) is 3. The van der Waals surface area contributed by atoms with E-state index in [9.17, 15) is 0 Å². The van der Waals surface area contributed by atoms with Crippen molar-refractivity contribution in [3.05, 3.63) is 0 Å². The van der Waals surface area contributed by atoms with E-state index in [4.69, 9.17) is 17.5 Å². The van der Waals surface area contributed by atoms with Gasteiger partial charge in [-0.25, -0.2) is 0 Å². The van der Waals surface area contributed by atoms with Crippen LogP contribution >= 0.6 is 0 Å². The van der Waals surface area contributed by atoms with E-state index in [0.717, 1.165) is 0 Å². The second-order valence-corrected chi connectivity index (χ2v) is 1.34. The van der Waals surface area contributed by atoms with Gasteiger partial charge >= 0.3 is 10.4 Å². The smallest absolute Gasteiger partial charge is 0.333 e. The van der Waals surface area contributed by atoms with Gasteiger partial charge in [-0.15, -0.1) is 0 Å². The van der Waals surface area contributed by atoms with Crippen molar-refractivity contribution in [2.45, 2.75) is 0 Å². The predicted molar refractivity (Wildman–Crippen MR) is 34.2 cm³/mol. The Morgan fingerprint density at radius 2 is 1.25 bits per heavy atom. The molecule has 0 spiro atoms. The normalized spacial score (nSPS) is 8.00. The maximum absolute atomic E-state index is 8.74. The van der Waals surface area contributed by atoms with E-state index in [1.54, 1.807) is 0 Å². The molecule has 0 radical (unpaired) electrons. The molecule has 0 aliphatic carbocycles. The molecule has 0 fully saturated rings. The first kappa shape index (κ1) is 15.8. The Morgan fingerprint density at radius 1 is 1.25 bits per heavy atom. The molecule has 7 heteroatoms. The van der Waals surface area contributed by atoms with Gasteiger partial charge in [-0.3, -0.25) is 9.11 Å². The van der Waals surface area contributed by atoms with Crippen molar-refractivity contribution in [3.63, 3.8) is 0 Å². The van der Waals surface area contributed by atoms with Gasteiger partial charge in [-0.2, -0.15) is 8.42 Å². The zero-order chi connectivity index (χ0) is 6.50. The SMILES string of the molecule is CN.O=S(=O)(O)O.[AlH3]. The van der Waals surface area contributed by atoms with Crippen molar-refractivity contribution >= 4 is 27.8 Å². The first-order valence-electron chi connectivity index (χ1n) is 1.28. The summed E-state index contributed by atoms with van der Waals surface area (Å²) in [6, 6.07) is 0. The minimum absolute atomic E-state index is 0. The van der Waals surface area contributed by atoms with Crippen molar-refractivity contribution in [1.29, 1.82) is 0 Å². The van der Waals surface area contributed by atoms with Gasteiger partial charge in [0.25, 0.3) is 0 Å². The summed E-state index contributed by atoms with van der Waals surface area (Å²) in [6.45, 7) is 0. The monoisotopic (exact) mass is 159 g/mol. The molecular weight excluding hydrogens is 149 g/mol. The Kier molecular flexibility index (Phi) is 14.5.